The van der Waals surface area contributed by atoms with Crippen molar-refractivity contribution in [1.29, 1.82) is 0 Å². The normalized spacial score (nSPS) is 11.5. The summed E-state index contributed by atoms with van der Waals surface area (Å²) in [5.74, 6) is -2.65. The molecule has 9 nitrogen and oxygen atoms in total. The number of halogens is 8. The number of carbonyl (C=O) groups is 1. The molecule has 0 unspecified atom stereocenters. The maximum atomic E-state index is 12.8. The number of nitrogens with two attached hydrogens (primary N) is 1. The van der Waals surface area contributed by atoms with Crippen molar-refractivity contribution in [1.82, 2.24) is 24.3 Å². The van der Waals surface area contributed by atoms with Crippen LogP contribution in [0.25, 0.3) is 16.9 Å². The number of aromatic nitrogens is 5. The predicted octanol–water partition coefficient (Wildman–Crippen LogP) is 3.25. The molecule has 3 aromatic rings. The monoisotopic (exact) mass is 526 g/mol. The van der Waals surface area contributed by atoms with E-state index < -0.39 is 54.4 Å². The summed E-state index contributed by atoms with van der Waals surface area (Å²) < 4.78 is 97.0. The number of pyridine rings is 2. The zero-order chi connectivity index (χ0) is 27.3. The Morgan fingerprint density at radius 2 is 1.67 bits per heavy atom. The molecule has 0 amide bonds. The van der Waals surface area contributed by atoms with Crippen LogP contribution in [0, 0.1) is 0 Å². The number of rotatable bonds is 5. The molecule has 0 aliphatic carbocycles. The van der Waals surface area contributed by atoms with Crippen molar-refractivity contribution >= 4 is 5.97 Å². The second-order valence-corrected chi connectivity index (χ2v) is 6.64. The molecule has 3 aromatic heterocycles. The fraction of sp³-hybridized carbons (Fsp3) is 0.211. The fourth-order valence-electron chi connectivity index (χ4n) is 2.45. The van der Waals surface area contributed by atoms with Crippen LogP contribution >= 0.6 is 0 Å². The zero-order valence-corrected chi connectivity index (χ0v) is 17.6. The van der Waals surface area contributed by atoms with Gasteiger partial charge in [-0.15, -0.1) is 0 Å². The standard InChI is InChI=1S/C17H13F5N6O.C2HF3O2/c18-15(19)12(6-23)8-28-16(29)27(9-26-28)14-5-10(3-4-24-14)11-1-2-13(25-7-11)17(20,21)22;3-2(4,5)1(6)7/h1-5,7,9H,6,8,23H2;(H,6,7). The third-order valence-electron chi connectivity index (χ3n) is 4.21. The summed E-state index contributed by atoms with van der Waals surface area (Å²) >= 11 is 0. The van der Waals surface area contributed by atoms with Gasteiger partial charge in [-0.1, -0.05) is 6.07 Å². The molecule has 3 heterocycles. The highest BCUT2D eigenvalue weighted by molar-refractivity contribution is 5.73. The van der Waals surface area contributed by atoms with Crippen molar-refractivity contribution in [2.75, 3.05) is 6.54 Å². The molecule has 0 saturated carbocycles. The van der Waals surface area contributed by atoms with Crippen LogP contribution < -0.4 is 11.4 Å². The van der Waals surface area contributed by atoms with Crippen LogP contribution in [0.1, 0.15) is 5.69 Å². The molecule has 0 aromatic carbocycles. The van der Waals surface area contributed by atoms with Gasteiger partial charge in [0.05, 0.1) is 6.54 Å². The summed E-state index contributed by atoms with van der Waals surface area (Å²) in [7, 11) is 0. The minimum Gasteiger partial charge on any atom is -0.475 e. The van der Waals surface area contributed by atoms with E-state index in [4.69, 9.17) is 15.6 Å². The molecule has 194 valence electrons. The van der Waals surface area contributed by atoms with Gasteiger partial charge >= 0.3 is 24.0 Å². The Labute approximate surface area is 195 Å². The lowest BCUT2D eigenvalue weighted by atomic mass is 10.1. The zero-order valence-electron chi connectivity index (χ0n) is 17.6. The molecule has 0 spiro atoms. The first-order chi connectivity index (χ1) is 16.6. The quantitative estimate of drug-likeness (QED) is 0.489. The van der Waals surface area contributed by atoms with Crippen molar-refractivity contribution in [2.45, 2.75) is 18.9 Å². The average Bonchev–Trinajstić information content (AvgIpc) is 3.16. The molecule has 3 N–H and O–H groups in total. The Morgan fingerprint density at radius 3 is 2.14 bits per heavy atom. The van der Waals surface area contributed by atoms with Crippen molar-refractivity contribution in [3.05, 3.63) is 70.8 Å². The summed E-state index contributed by atoms with van der Waals surface area (Å²) in [5, 5.41) is 10.9. The minimum atomic E-state index is -5.08. The Kier molecular flexibility index (Phi) is 8.63. The van der Waals surface area contributed by atoms with Crippen LogP contribution in [0.15, 0.2) is 59.4 Å². The molecule has 0 saturated heterocycles. The molecule has 3 rings (SSSR count). The third kappa shape index (κ3) is 7.17. The van der Waals surface area contributed by atoms with E-state index in [0.29, 0.717) is 11.1 Å². The predicted molar refractivity (Wildman–Crippen MR) is 106 cm³/mol. The SMILES string of the molecule is NCC(Cn1ncn(-c2cc(-c3ccc(C(F)(F)F)nc3)ccn2)c1=O)=C(F)F.O=C(O)C(F)(F)F. The summed E-state index contributed by atoms with van der Waals surface area (Å²) in [6.45, 7) is -0.913. The first kappa shape index (κ1) is 28.1. The summed E-state index contributed by atoms with van der Waals surface area (Å²) in [6, 6.07) is 5.04. The van der Waals surface area contributed by atoms with E-state index in [2.05, 4.69) is 15.1 Å². The van der Waals surface area contributed by atoms with Crippen molar-refractivity contribution in [2.24, 2.45) is 5.73 Å². The summed E-state index contributed by atoms with van der Waals surface area (Å²) in [4.78, 5) is 28.7. The smallest absolute Gasteiger partial charge is 0.475 e. The van der Waals surface area contributed by atoms with E-state index in [0.717, 1.165) is 27.8 Å². The van der Waals surface area contributed by atoms with Crippen LogP contribution in [-0.2, 0) is 17.5 Å². The average molecular weight is 526 g/mol. The minimum absolute atomic E-state index is 0.109. The van der Waals surface area contributed by atoms with Crippen molar-refractivity contribution in [3.8, 4) is 16.9 Å². The highest BCUT2D eigenvalue weighted by Gasteiger charge is 2.38. The van der Waals surface area contributed by atoms with Gasteiger partial charge in [0.1, 0.15) is 17.8 Å². The van der Waals surface area contributed by atoms with Gasteiger partial charge in [-0.3, -0.25) is 4.98 Å². The van der Waals surface area contributed by atoms with E-state index in [9.17, 15) is 39.9 Å². The number of alkyl halides is 6. The summed E-state index contributed by atoms with van der Waals surface area (Å²) in [6.07, 6.45) is -8.12. The fourth-order valence-corrected chi connectivity index (χ4v) is 2.45. The van der Waals surface area contributed by atoms with E-state index in [1.807, 2.05) is 0 Å². The number of hydrogen-bond donors (Lipinski definition) is 2. The first-order valence-corrected chi connectivity index (χ1v) is 9.32. The molecule has 0 aliphatic rings. The van der Waals surface area contributed by atoms with Crippen LogP contribution in [0.2, 0.25) is 0 Å². The maximum absolute atomic E-state index is 12.8. The lowest BCUT2D eigenvalue weighted by molar-refractivity contribution is -0.192. The number of nitrogens with zero attached hydrogens (tertiary/aromatic N) is 5. The van der Waals surface area contributed by atoms with Crippen LogP contribution in [0.3, 0.4) is 0 Å². The Morgan fingerprint density at radius 1 is 1.03 bits per heavy atom. The molecule has 36 heavy (non-hydrogen) atoms. The van der Waals surface area contributed by atoms with Crippen molar-refractivity contribution < 1.29 is 45.0 Å². The highest BCUT2D eigenvalue weighted by atomic mass is 19.4. The second-order valence-electron chi connectivity index (χ2n) is 6.64. The van der Waals surface area contributed by atoms with Crippen molar-refractivity contribution in [3.63, 3.8) is 0 Å². The largest absolute Gasteiger partial charge is 0.490 e. The van der Waals surface area contributed by atoms with Gasteiger partial charge < -0.3 is 10.8 Å². The Bertz CT molecular complexity index is 1290. The lowest BCUT2D eigenvalue weighted by Crippen LogP contribution is -2.26. The lowest BCUT2D eigenvalue weighted by Gasteiger charge is -2.07. The van der Waals surface area contributed by atoms with E-state index in [1.54, 1.807) is 0 Å². The molecule has 0 bridgehead atoms. The molecular formula is C19H14F8N6O3. The van der Waals surface area contributed by atoms with Gasteiger partial charge in [-0.2, -0.15) is 40.2 Å². The molecule has 17 heteroatoms. The number of hydrogen-bond acceptors (Lipinski definition) is 6. The van der Waals surface area contributed by atoms with E-state index in [-0.39, 0.29) is 5.82 Å². The Balaban J connectivity index is 0.000000572. The van der Waals surface area contributed by atoms with Gasteiger partial charge in [0.15, 0.2) is 0 Å². The Hall–Kier alpha value is -4.15. The number of carboxylic acids is 1. The van der Waals surface area contributed by atoms with Gasteiger partial charge in [0.25, 0.3) is 6.08 Å². The van der Waals surface area contributed by atoms with Crippen LogP contribution in [-0.4, -0.2) is 48.1 Å². The van der Waals surface area contributed by atoms with Gasteiger partial charge in [0.2, 0.25) is 0 Å². The van der Waals surface area contributed by atoms with Crippen LogP contribution in [0.5, 0.6) is 0 Å². The molecule has 0 aliphatic heterocycles. The first-order valence-electron chi connectivity index (χ1n) is 9.32. The third-order valence-corrected chi connectivity index (χ3v) is 4.21. The van der Waals surface area contributed by atoms with Gasteiger partial charge in [0, 0.05) is 30.1 Å². The van der Waals surface area contributed by atoms with E-state index >= 15 is 0 Å². The molecule has 0 fully saturated rings. The molecule has 0 atom stereocenters. The van der Waals surface area contributed by atoms with Crippen LogP contribution in [0.4, 0.5) is 35.1 Å². The molecule has 0 radical (unpaired) electrons. The number of carboxylic acid groups (broad SMARTS) is 1. The number of aliphatic carboxylic acids is 1. The second kappa shape index (κ2) is 11.1. The van der Waals surface area contributed by atoms with Gasteiger partial charge in [-0.05, 0) is 23.8 Å². The van der Waals surface area contributed by atoms with Gasteiger partial charge in [-0.25, -0.2) is 23.8 Å². The summed E-state index contributed by atoms with van der Waals surface area (Å²) in [5.41, 5.74) is 3.86. The van der Waals surface area contributed by atoms with E-state index in [1.165, 1.54) is 24.4 Å². The molecular weight excluding hydrogens is 512 g/mol. The highest BCUT2D eigenvalue weighted by Crippen LogP contribution is 2.29. The topological polar surface area (TPSA) is 129 Å². The maximum Gasteiger partial charge on any atom is 0.490 e.